The van der Waals surface area contributed by atoms with Gasteiger partial charge in [-0.25, -0.2) is 0 Å². The van der Waals surface area contributed by atoms with E-state index < -0.39 is 29.7 Å². The third-order valence-corrected chi connectivity index (χ3v) is 7.03. The number of piperidine rings is 1. The Kier molecular flexibility index (Phi) is 13.6. The molecule has 1 saturated heterocycles. The molecule has 0 spiro atoms. The summed E-state index contributed by atoms with van der Waals surface area (Å²) in [6.45, 7) is 4.05. The van der Waals surface area contributed by atoms with Gasteiger partial charge in [-0.3, -0.25) is 39.0 Å². The van der Waals surface area contributed by atoms with E-state index in [0.717, 1.165) is 43.4 Å². The highest BCUT2D eigenvalue weighted by molar-refractivity contribution is 6.26. The van der Waals surface area contributed by atoms with Crippen molar-refractivity contribution < 1.29 is 43.0 Å². The molecule has 1 unspecified atom stereocenters. The zero-order chi connectivity index (χ0) is 30.3. The third kappa shape index (κ3) is 9.73. The van der Waals surface area contributed by atoms with Crippen molar-refractivity contribution in [1.82, 2.24) is 10.2 Å². The Morgan fingerprint density at radius 3 is 2.36 bits per heavy atom. The molecule has 3 rings (SSSR count). The van der Waals surface area contributed by atoms with E-state index in [4.69, 9.17) is 14.2 Å². The molecule has 5 amide bonds. The number of fused-ring (bicyclic) bond motifs is 1. The highest BCUT2D eigenvalue weighted by Gasteiger charge is 2.45. The number of carbonyl (C=O) groups excluding carboxylic acids is 6. The first-order valence-corrected chi connectivity index (χ1v) is 14.8. The lowest BCUT2D eigenvalue weighted by molar-refractivity contribution is -0.145. The molecule has 2 aliphatic rings. The molecule has 42 heavy (non-hydrogen) atoms. The van der Waals surface area contributed by atoms with E-state index in [1.54, 1.807) is 12.1 Å². The van der Waals surface area contributed by atoms with E-state index in [-0.39, 0.29) is 54.6 Å². The average molecular weight is 588 g/mol. The van der Waals surface area contributed by atoms with Crippen LogP contribution in [0.2, 0.25) is 0 Å². The summed E-state index contributed by atoms with van der Waals surface area (Å²) in [5.41, 5.74) is 0.384. The van der Waals surface area contributed by atoms with Crippen molar-refractivity contribution in [3.05, 3.63) is 29.3 Å². The molecular weight excluding hydrogens is 546 g/mol. The van der Waals surface area contributed by atoms with Gasteiger partial charge in [-0.2, -0.15) is 0 Å². The molecule has 12 nitrogen and oxygen atoms in total. The molecule has 1 fully saturated rings. The van der Waals surface area contributed by atoms with E-state index in [9.17, 15) is 28.8 Å². The van der Waals surface area contributed by atoms with Crippen LogP contribution < -0.4 is 10.6 Å². The number of unbranched alkanes of at least 4 members (excludes halogenated alkanes) is 5. The van der Waals surface area contributed by atoms with Crippen LogP contribution in [0.1, 0.15) is 98.3 Å². The van der Waals surface area contributed by atoms with Gasteiger partial charge in [-0.1, -0.05) is 38.7 Å². The van der Waals surface area contributed by atoms with Crippen molar-refractivity contribution in [2.45, 2.75) is 83.6 Å². The van der Waals surface area contributed by atoms with Crippen LogP contribution in [0.5, 0.6) is 0 Å². The van der Waals surface area contributed by atoms with Gasteiger partial charge in [-0.15, -0.1) is 0 Å². The maximum Gasteiger partial charge on any atom is 0.305 e. The van der Waals surface area contributed by atoms with Crippen LogP contribution in [-0.2, 0) is 33.4 Å². The van der Waals surface area contributed by atoms with Crippen molar-refractivity contribution >= 4 is 41.2 Å². The van der Waals surface area contributed by atoms with Crippen LogP contribution in [0.25, 0.3) is 0 Å². The molecule has 1 aromatic rings. The standard InChI is InChI=1S/C30H41N3O9/c1-2-3-4-7-13-26(36)42-20-19-41-18-17-40-16-8-5-6-12-24(34)31-22-11-9-10-21-27(22)30(39)33(29(21)38)23-14-15-25(35)32-28(23)37/h9-11,23H,2-8,12-20H2,1H3,(H,31,34)(H,32,35,37). The summed E-state index contributed by atoms with van der Waals surface area (Å²) in [5.74, 6) is -2.90. The van der Waals surface area contributed by atoms with Crippen LogP contribution in [0, 0.1) is 0 Å². The molecule has 2 heterocycles. The Hall–Kier alpha value is -3.64. The second-order valence-electron chi connectivity index (χ2n) is 10.3. The van der Waals surface area contributed by atoms with E-state index in [1.807, 2.05) is 0 Å². The van der Waals surface area contributed by atoms with E-state index in [0.29, 0.717) is 39.3 Å². The highest BCUT2D eigenvalue weighted by Crippen LogP contribution is 2.32. The number of nitrogens with zero attached hydrogens (tertiary/aromatic N) is 1. The molecule has 0 bridgehead atoms. The predicted octanol–water partition coefficient (Wildman–Crippen LogP) is 3.13. The molecule has 0 aromatic heterocycles. The maximum absolute atomic E-state index is 13.1. The number of ether oxygens (including phenoxy) is 3. The number of carbonyl (C=O) groups is 6. The zero-order valence-electron chi connectivity index (χ0n) is 24.2. The van der Waals surface area contributed by atoms with Gasteiger partial charge in [0.25, 0.3) is 11.8 Å². The van der Waals surface area contributed by atoms with Crippen LogP contribution in [0.4, 0.5) is 5.69 Å². The molecule has 0 radical (unpaired) electrons. The summed E-state index contributed by atoms with van der Waals surface area (Å²) in [6.07, 6.45) is 7.06. The molecule has 12 heteroatoms. The van der Waals surface area contributed by atoms with E-state index in [1.165, 1.54) is 6.07 Å². The first-order valence-electron chi connectivity index (χ1n) is 14.8. The molecule has 2 aliphatic heterocycles. The second-order valence-corrected chi connectivity index (χ2v) is 10.3. The topological polar surface area (TPSA) is 157 Å². The lowest BCUT2D eigenvalue weighted by Gasteiger charge is -2.27. The number of benzene rings is 1. The second kappa shape index (κ2) is 17.3. The number of anilines is 1. The number of nitrogens with one attached hydrogen (secondary N) is 2. The molecule has 1 aromatic carbocycles. The first kappa shape index (κ1) is 32.9. The zero-order valence-corrected chi connectivity index (χ0v) is 24.2. The van der Waals surface area contributed by atoms with Crippen LogP contribution in [0.15, 0.2) is 18.2 Å². The highest BCUT2D eigenvalue weighted by atomic mass is 16.6. The number of amides is 5. The number of rotatable bonds is 19. The first-order chi connectivity index (χ1) is 20.3. The fourth-order valence-electron chi connectivity index (χ4n) is 4.80. The van der Waals surface area contributed by atoms with E-state index >= 15 is 0 Å². The monoisotopic (exact) mass is 587 g/mol. The Bertz CT molecular complexity index is 1140. The number of hydrogen-bond acceptors (Lipinski definition) is 9. The van der Waals surface area contributed by atoms with Gasteiger partial charge < -0.3 is 19.5 Å². The molecule has 2 N–H and O–H groups in total. The number of esters is 1. The summed E-state index contributed by atoms with van der Waals surface area (Å²) in [6, 6.07) is 3.52. The fourth-order valence-corrected chi connectivity index (χ4v) is 4.80. The predicted molar refractivity (Wildman–Crippen MR) is 152 cm³/mol. The summed E-state index contributed by atoms with van der Waals surface area (Å²) in [7, 11) is 0. The van der Waals surface area contributed by atoms with Gasteiger partial charge in [-0.05, 0) is 37.8 Å². The molecule has 0 aliphatic carbocycles. The van der Waals surface area contributed by atoms with Crippen LogP contribution in [0.3, 0.4) is 0 Å². The van der Waals surface area contributed by atoms with Crippen LogP contribution >= 0.6 is 0 Å². The minimum absolute atomic E-state index is 0.0319. The number of hydrogen-bond donors (Lipinski definition) is 2. The number of imide groups is 2. The molecule has 230 valence electrons. The van der Waals surface area contributed by atoms with Gasteiger partial charge in [0.05, 0.1) is 36.6 Å². The smallest absolute Gasteiger partial charge is 0.305 e. The van der Waals surface area contributed by atoms with Gasteiger partial charge in [0, 0.05) is 25.9 Å². The quantitative estimate of drug-likeness (QED) is 0.141. The van der Waals surface area contributed by atoms with Gasteiger partial charge in [0.2, 0.25) is 17.7 Å². The Balaban J connectivity index is 1.26. The van der Waals surface area contributed by atoms with Crippen molar-refractivity contribution in [2.24, 2.45) is 0 Å². The summed E-state index contributed by atoms with van der Waals surface area (Å²) in [5, 5.41) is 4.88. The minimum atomic E-state index is -1.07. The Labute approximate surface area is 245 Å². The molecule has 0 saturated carbocycles. The Morgan fingerprint density at radius 2 is 1.60 bits per heavy atom. The normalized spacial score (nSPS) is 16.4. The molecular formula is C30H41N3O9. The summed E-state index contributed by atoms with van der Waals surface area (Å²) < 4.78 is 16.1. The lowest BCUT2D eigenvalue weighted by Crippen LogP contribution is -2.54. The average Bonchev–Trinajstić information content (AvgIpc) is 3.22. The van der Waals surface area contributed by atoms with Crippen LogP contribution in [-0.4, -0.2) is 79.5 Å². The van der Waals surface area contributed by atoms with Gasteiger partial charge in [0.15, 0.2) is 0 Å². The van der Waals surface area contributed by atoms with Crippen molar-refractivity contribution in [3.8, 4) is 0 Å². The summed E-state index contributed by atoms with van der Waals surface area (Å²) >= 11 is 0. The fraction of sp³-hybridized carbons (Fsp3) is 0.600. The van der Waals surface area contributed by atoms with Crippen molar-refractivity contribution in [3.63, 3.8) is 0 Å². The van der Waals surface area contributed by atoms with E-state index in [2.05, 4.69) is 17.6 Å². The molecule has 1 atom stereocenters. The maximum atomic E-state index is 13.1. The largest absolute Gasteiger partial charge is 0.463 e. The van der Waals surface area contributed by atoms with Gasteiger partial charge >= 0.3 is 5.97 Å². The summed E-state index contributed by atoms with van der Waals surface area (Å²) in [4.78, 5) is 74.8. The SMILES string of the molecule is CCCCCCC(=O)OCCOCCOCCCCCC(=O)Nc1cccc2c1C(=O)N(C1CCC(=O)NC1=O)C2=O. The lowest BCUT2D eigenvalue weighted by atomic mass is 10.0. The minimum Gasteiger partial charge on any atom is -0.463 e. The van der Waals surface area contributed by atoms with Gasteiger partial charge in [0.1, 0.15) is 12.6 Å². The van der Waals surface area contributed by atoms with Crippen molar-refractivity contribution in [1.29, 1.82) is 0 Å². The third-order valence-electron chi connectivity index (χ3n) is 7.03. The van der Waals surface area contributed by atoms with Crippen molar-refractivity contribution in [2.75, 3.05) is 38.4 Å². The Morgan fingerprint density at radius 1 is 0.881 bits per heavy atom.